The lowest BCUT2D eigenvalue weighted by atomic mass is 9.51. The van der Waals surface area contributed by atoms with Gasteiger partial charge >= 0.3 is 17.9 Å². The summed E-state index contributed by atoms with van der Waals surface area (Å²) in [5, 5.41) is 46.1. The van der Waals surface area contributed by atoms with Gasteiger partial charge in [-0.25, -0.2) is 9.59 Å². The third-order valence-corrected chi connectivity index (χ3v) is 8.95. The van der Waals surface area contributed by atoms with Crippen molar-refractivity contribution in [2.45, 2.75) is 75.7 Å². The highest BCUT2D eigenvalue weighted by atomic mass is 16.8. The van der Waals surface area contributed by atoms with Crippen LogP contribution in [0.25, 0.3) is 0 Å². The van der Waals surface area contributed by atoms with Gasteiger partial charge in [0.25, 0.3) is 0 Å². The second kappa shape index (κ2) is 4.91. The highest BCUT2D eigenvalue weighted by Gasteiger charge is 3.05. The van der Waals surface area contributed by atoms with Crippen molar-refractivity contribution in [3.8, 4) is 0 Å². The van der Waals surface area contributed by atoms with E-state index in [0.29, 0.717) is 0 Å². The van der Waals surface area contributed by atoms with Crippen molar-refractivity contribution in [2.24, 2.45) is 28.1 Å². The lowest BCUT2D eigenvalue weighted by Gasteiger charge is -2.47. The van der Waals surface area contributed by atoms with Gasteiger partial charge in [0, 0.05) is 5.92 Å². The third-order valence-electron chi connectivity index (χ3n) is 8.95. The first-order valence-electron chi connectivity index (χ1n) is 10.3. The van der Waals surface area contributed by atoms with Gasteiger partial charge in [-0.2, -0.15) is 0 Å². The van der Waals surface area contributed by atoms with E-state index in [-0.39, 0.29) is 0 Å². The molecule has 1 unspecified atom stereocenters. The maximum atomic E-state index is 13.4. The predicted molar refractivity (Wildman–Crippen MR) is 93.4 cm³/mol. The van der Waals surface area contributed by atoms with Crippen LogP contribution in [-0.4, -0.2) is 86.3 Å². The van der Waals surface area contributed by atoms with E-state index in [1.54, 1.807) is 20.8 Å². The van der Waals surface area contributed by atoms with E-state index in [1.165, 1.54) is 6.92 Å². The summed E-state index contributed by atoms with van der Waals surface area (Å²) in [6.07, 6.45) is -9.69. The Labute approximate surface area is 176 Å². The zero-order valence-corrected chi connectivity index (χ0v) is 17.3. The monoisotopic (exact) mass is 440 g/mol. The second-order valence-electron chi connectivity index (χ2n) is 10.8. The molecule has 0 amide bonds. The van der Waals surface area contributed by atoms with Gasteiger partial charge in [0.2, 0.25) is 11.9 Å². The van der Waals surface area contributed by atoms with Crippen molar-refractivity contribution in [3.05, 3.63) is 0 Å². The molecule has 0 aromatic rings. The Morgan fingerprint density at radius 2 is 1.58 bits per heavy atom. The standard InChI is InChI=1S/C20H24O11/c1-5-12(24)28-11-8(22)18-10-6(21)7(16(2,3)4)17(18)9(23)13(25)30-15(17)31-20(18,14(26)29-10)19(5,11)27/h5-11,15,21-23,27H,1-4H3/t5-,6-,7+,8+,9+,10-,11+,15-,17+,18?,19-,20-/m1/s1. The molecule has 6 fully saturated rings. The molecule has 4 saturated heterocycles. The fourth-order valence-corrected chi connectivity index (χ4v) is 8.27. The number of fused-ring (bicyclic) bond motifs is 1. The molecule has 2 aliphatic carbocycles. The minimum absolute atomic E-state index is 0.792. The van der Waals surface area contributed by atoms with Crippen LogP contribution in [0.3, 0.4) is 0 Å². The topological polar surface area (TPSA) is 169 Å². The third kappa shape index (κ3) is 1.43. The molecule has 0 radical (unpaired) electrons. The SMILES string of the molecule is C[C@@H]1C(=O)O[C@H]2[C@H](O)C34[C@@H]5OC(=O)[C@]3(O[C@H]3OC(=O)[C@H](O)[C@@]34[C@H](C(C)(C)C)[C@H]5O)[C@@]12O. The maximum absolute atomic E-state index is 13.4. The van der Waals surface area contributed by atoms with Gasteiger partial charge in [0.15, 0.2) is 17.8 Å². The number of hydrogen-bond acceptors (Lipinski definition) is 11. The Kier molecular flexibility index (Phi) is 3.15. The van der Waals surface area contributed by atoms with Gasteiger partial charge in [-0.15, -0.1) is 0 Å². The molecule has 4 aliphatic heterocycles. The van der Waals surface area contributed by atoms with Gasteiger partial charge in [-0.1, -0.05) is 20.8 Å². The summed E-state index contributed by atoms with van der Waals surface area (Å²) in [5.74, 6) is -5.22. The Morgan fingerprint density at radius 3 is 2.19 bits per heavy atom. The van der Waals surface area contributed by atoms with E-state index in [1.807, 2.05) is 0 Å². The van der Waals surface area contributed by atoms with Crippen LogP contribution in [-0.2, 0) is 33.3 Å². The van der Waals surface area contributed by atoms with Crippen LogP contribution >= 0.6 is 0 Å². The molecular weight excluding hydrogens is 416 g/mol. The maximum Gasteiger partial charge on any atom is 0.343 e. The summed E-state index contributed by atoms with van der Waals surface area (Å²) in [7, 11) is 0. The van der Waals surface area contributed by atoms with Gasteiger partial charge in [-0.05, 0) is 12.3 Å². The summed E-state index contributed by atoms with van der Waals surface area (Å²) in [6.45, 7) is 6.63. The van der Waals surface area contributed by atoms with E-state index in [4.69, 9.17) is 18.9 Å². The Balaban J connectivity index is 1.75. The van der Waals surface area contributed by atoms with Crippen molar-refractivity contribution in [1.82, 2.24) is 0 Å². The zero-order valence-electron chi connectivity index (χ0n) is 17.3. The number of carbonyl (C=O) groups excluding carboxylic acids is 3. The minimum atomic E-state index is -2.40. The van der Waals surface area contributed by atoms with Crippen LogP contribution in [0.2, 0.25) is 0 Å². The van der Waals surface area contributed by atoms with E-state index < -0.39 is 94.0 Å². The molecule has 11 heteroatoms. The van der Waals surface area contributed by atoms with E-state index in [9.17, 15) is 34.8 Å². The number of hydrogen-bond donors (Lipinski definition) is 4. The molecule has 2 saturated carbocycles. The normalized spacial score (nSPS) is 61.0. The molecule has 0 bridgehead atoms. The first kappa shape index (κ1) is 19.9. The van der Waals surface area contributed by atoms with Crippen molar-refractivity contribution >= 4 is 17.9 Å². The molecule has 6 aliphatic rings. The number of ether oxygens (including phenoxy) is 4. The molecule has 2 spiro atoms. The van der Waals surface area contributed by atoms with Crippen LogP contribution in [0.4, 0.5) is 0 Å². The highest BCUT2D eigenvalue weighted by molar-refractivity contribution is 5.94. The molecule has 6 rings (SSSR count). The van der Waals surface area contributed by atoms with Gasteiger partial charge in [0.1, 0.15) is 12.2 Å². The van der Waals surface area contributed by atoms with Crippen molar-refractivity contribution in [1.29, 1.82) is 0 Å². The largest absolute Gasteiger partial charge is 0.456 e. The molecule has 0 aromatic heterocycles. The average molecular weight is 440 g/mol. The van der Waals surface area contributed by atoms with Crippen molar-refractivity contribution in [3.63, 3.8) is 0 Å². The molecule has 12 atom stereocenters. The number of esters is 3. The summed E-state index contributed by atoms with van der Waals surface area (Å²) in [5.41, 5.74) is -9.40. The summed E-state index contributed by atoms with van der Waals surface area (Å²) >= 11 is 0. The minimum Gasteiger partial charge on any atom is -0.456 e. The molecule has 170 valence electrons. The average Bonchev–Trinajstić information content (AvgIpc) is 3.35. The molecule has 0 aromatic carbocycles. The molecular formula is C20H24O11. The van der Waals surface area contributed by atoms with Crippen molar-refractivity contribution in [2.75, 3.05) is 0 Å². The quantitative estimate of drug-likeness (QED) is 0.234. The molecule has 31 heavy (non-hydrogen) atoms. The summed E-state index contributed by atoms with van der Waals surface area (Å²) < 4.78 is 22.2. The van der Waals surface area contributed by atoms with Gasteiger partial charge < -0.3 is 39.4 Å². The smallest absolute Gasteiger partial charge is 0.343 e. The van der Waals surface area contributed by atoms with E-state index in [0.717, 1.165) is 0 Å². The van der Waals surface area contributed by atoms with Crippen LogP contribution in [0.15, 0.2) is 0 Å². The molecule has 11 nitrogen and oxygen atoms in total. The molecule has 4 heterocycles. The fraction of sp³-hybridized carbons (Fsp3) is 0.850. The van der Waals surface area contributed by atoms with E-state index >= 15 is 0 Å². The van der Waals surface area contributed by atoms with Crippen molar-refractivity contribution < 1.29 is 53.8 Å². The van der Waals surface area contributed by atoms with Crippen LogP contribution in [0, 0.1) is 28.1 Å². The Bertz CT molecular complexity index is 957. The molecule has 4 N–H and O–H groups in total. The number of rotatable bonds is 0. The fourth-order valence-electron chi connectivity index (χ4n) is 8.27. The predicted octanol–water partition coefficient (Wildman–Crippen LogP) is -2.40. The van der Waals surface area contributed by atoms with Crippen LogP contribution in [0.5, 0.6) is 0 Å². The number of aliphatic hydroxyl groups is 4. The Hall–Kier alpha value is -1.79. The Morgan fingerprint density at radius 1 is 0.935 bits per heavy atom. The summed E-state index contributed by atoms with van der Waals surface area (Å²) in [6, 6.07) is 0. The van der Waals surface area contributed by atoms with E-state index in [2.05, 4.69) is 0 Å². The highest BCUT2D eigenvalue weighted by Crippen LogP contribution is 2.84. The van der Waals surface area contributed by atoms with Crippen LogP contribution < -0.4 is 0 Å². The first-order chi connectivity index (χ1) is 14.3. The second-order valence-corrected chi connectivity index (χ2v) is 10.8. The first-order valence-corrected chi connectivity index (χ1v) is 10.3. The van der Waals surface area contributed by atoms with Gasteiger partial charge in [0.05, 0.1) is 22.9 Å². The lowest BCUT2D eigenvalue weighted by Crippen LogP contribution is -2.67. The zero-order chi connectivity index (χ0) is 22.7. The number of carbonyl (C=O) groups is 3. The number of aliphatic hydroxyl groups excluding tert-OH is 3. The lowest BCUT2D eigenvalue weighted by molar-refractivity contribution is -0.240. The van der Waals surface area contributed by atoms with Gasteiger partial charge in [-0.3, -0.25) is 4.79 Å². The van der Waals surface area contributed by atoms with Crippen LogP contribution in [0.1, 0.15) is 27.7 Å². The summed E-state index contributed by atoms with van der Waals surface area (Å²) in [4.78, 5) is 38.3.